The molecule has 1 heterocycles. The van der Waals surface area contributed by atoms with Gasteiger partial charge in [-0.15, -0.1) is 0 Å². The quantitative estimate of drug-likeness (QED) is 0.828. The molecule has 0 aromatic heterocycles. The van der Waals surface area contributed by atoms with Gasteiger partial charge in [-0.1, -0.05) is 18.5 Å². The lowest BCUT2D eigenvalue weighted by Gasteiger charge is -2.33. The average Bonchev–Trinajstić information content (AvgIpc) is 2.61. The molecule has 3 rings (SSSR count). The molecular weight excluding hydrogens is 354 g/mol. The van der Waals surface area contributed by atoms with E-state index in [9.17, 15) is 9.59 Å². The van der Waals surface area contributed by atoms with E-state index in [0.29, 0.717) is 28.7 Å². The van der Waals surface area contributed by atoms with Crippen molar-refractivity contribution in [3.63, 3.8) is 0 Å². The van der Waals surface area contributed by atoms with Crippen LogP contribution in [0.2, 0.25) is 5.02 Å². The first-order chi connectivity index (χ1) is 12.5. The van der Waals surface area contributed by atoms with Crippen LogP contribution in [-0.2, 0) is 4.79 Å². The van der Waals surface area contributed by atoms with Crippen molar-refractivity contribution in [1.29, 1.82) is 0 Å². The van der Waals surface area contributed by atoms with Crippen molar-refractivity contribution in [3.8, 4) is 5.75 Å². The highest BCUT2D eigenvalue weighted by Crippen LogP contribution is 2.36. The summed E-state index contributed by atoms with van der Waals surface area (Å²) in [5, 5.41) is 6.09. The molecule has 2 aromatic rings. The first kappa shape index (κ1) is 18.1. The minimum Gasteiger partial charge on any atom is -0.479 e. The lowest BCUT2D eigenvalue weighted by Crippen LogP contribution is -2.44. The minimum absolute atomic E-state index is 0.0551. The molecule has 3 amide bonds. The van der Waals surface area contributed by atoms with Gasteiger partial charge in [-0.05, 0) is 49.7 Å². The number of hydrogen-bond donors (Lipinski definition) is 2. The summed E-state index contributed by atoms with van der Waals surface area (Å²) in [6, 6.07) is 11.7. The zero-order valence-corrected chi connectivity index (χ0v) is 15.3. The molecule has 0 aliphatic carbocycles. The number of carbonyl (C=O) groups is 2. The maximum Gasteiger partial charge on any atom is 0.323 e. The number of ether oxygens (including phenoxy) is 1. The molecule has 7 heteroatoms. The van der Waals surface area contributed by atoms with Crippen LogP contribution in [-0.4, -0.2) is 24.6 Å². The van der Waals surface area contributed by atoms with Crippen LogP contribution in [0, 0.1) is 0 Å². The topological polar surface area (TPSA) is 70.7 Å². The number of anilines is 3. The summed E-state index contributed by atoms with van der Waals surface area (Å²) in [7, 11) is 0. The van der Waals surface area contributed by atoms with Gasteiger partial charge < -0.3 is 20.3 Å². The summed E-state index contributed by atoms with van der Waals surface area (Å²) in [5.41, 5.74) is 1.93. The van der Waals surface area contributed by atoms with Gasteiger partial charge in [0.25, 0.3) is 5.91 Å². The molecule has 2 N–H and O–H groups in total. The van der Waals surface area contributed by atoms with E-state index in [4.69, 9.17) is 16.3 Å². The Labute approximate surface area is 157 Å². The highest BCUT2D eigenvalue weighted by atomic mass is 35.5. The second kappa shape index (κ2) is 7.66. The number of rotatable bonds is 4. The Morgan fingerprint density at radius 2 is 1.81 bits per heavy atom. The highest BCUT2D eigenvalue weighted by molar-refractivity contribution is 6.30. The number of carbonyl (C=O) groups excluding carboxylic acids is 2. The zero-order valence-electron chi connectivity index (χ0n) is 14.6. The van der Waals surface area contributed by atoms with Gasteiger partial charge in [0, 0.05) is 29.0 Å². The van der Waals surface area contributed by atoms with E-state index < -0.39 is 6.10 Å². The molecule has 1 aliphatic rings. The monoisotopic (exact) mass is 373 g/mol. The molecule has 0 radical (unpaired) electrons. The van der Waals surface area contributed by atoms with Crippen LogP contribution in [0.5, 0.6) is 5.75 Å². The smallest absolute Gasteiger partial charge is 0.323 e. The van der Waals surface area contributed by atoms with Gasteiger partial charge in [0.15, 0.2) is 6.10 Å². The fourth-order valence-electron chi connectivity index (χ4n) is 2.77. The van der Waals surface area contributed by atoms with Gasteiger partial charge in [0.1, 0.15) is 5.75 Å². The van der Waals surface area contributed by atoms with Gasteiger partial charge in [0.2, 0.25) is 0 Å². The molecule has 1 aliphatic heterocycles. The molecule has 0 spiro atoms. The first-order valence-corrected chi connectivity index (χ1v) is 8.81. The molecule has 0 fully saturated rings. The lowest BCUT2D eigenvalue weighted by atomic mass is 10.1. The Morgan fingerprint density at radius 3 is 2.50 bits per heavy atom. The molecule has 0 bridgehead atoms. The van der Waals surface area contributed by atoms with Crippen molar-refractivity contribution in [2.24, 2.45) is 0 Å². The summed E-state index contributed by atoms with van der Waals surface area (Å²) < 4.78 is 5.70. The predicted molar refractivity (Wildman–Crippen MR) is 103 cm³/mol. The Bertz CT molecular complexity index is 823. The Morgan fingerprint density at radius 1 is 1.15 bits per heavy atom. The summed E-state index contributed by atoms with van der Waals surface area (Å²) in [5.74, 6) is 0.524. The molecule has 0 saturated carbocycles. The van der Waals surface area contributed by atoms with Gasteiger partial charge in [0.05, 0.1) is 5.69 Å². The molecule has 1 unspecified atom stereocenters. The molecular formula is C19H20ClN3O3. The summed E-state index contributed by atoms with van der Waals surface area (Å²) >= 11 is 5.83. The van der Waals surface area contributed by atoms with E-state index in [1.54, 1.807) is 54.3 Å². The number of benzene rings is 2. The highest BCUT2D eigenvalue weighted by Gasteiger charge is 2.31. The van der Waals surface area contributed by atoms with Crippen molar-refractivity contribution < 1.29 is 14.3 Å². The second-order valence-electron chi connectivity index (χ2n) is 6.02. The maximum absolute atomic E-state index is 12.3. The maximum atomic E-state index is 12.3. The van der Waals surface area contributed by atoms with E-state index in [0.717, 1.165) is 12.1 Å². The van der Waals surface area contributed by atoms with Crippen molar-refractivity contribution in [3.05, 3.63) is 47.5 Å². The summed E-state index contributed by atoms with van der Waals surface area (Å²) in [4.78, 5) is 26.2. The number of hydrogen-bond acceptors (Lipinski definition) is 3. The number of nitrogens with zero attached hydrogens (tertiary/aromatic N) is 1. The standard InChI is InChI=1S/C19H20ClN3O3/c1-3-10-23-16-9-8-15(11-17(16)26-12(2)18(23)24)22-19(25)21-14-6-4-13(20)5-7-14/h4-9,11-12H,3,10H2,1-2H3,(H2,21,22,25). The van der Waals surface area contributed by atoms with E-state index in [1.165, 1.54) is 0 Å². The molecule has 6 nitrogen and oxygen atoms in total. The minimum atomic E-state index is -0.549. The molecule has 0 saturated heterocycles. The molecule has 26 heavy (non-hydrogen) atoms. The third kappa shape index (κ3) is 3.91. The van der Waals surface area contributed by atoms with E-state index >= 15 is 0 Å². The number of halogens is 1. The fraction of sp³-hybridized carbons (Fsp3) is 0.263. The number of fused-ring (bicyclic) bond motifs is 1. The number of amides is 3. The SMILES string of the molecule is CCCN1C(=O)C(C)Oc2cc(NC(=O)Nc3ccc(Cl)cc3)ccc21. The van der Waals surface area contributed by atoms with Gasteiger partial charge >= 0.3 is 6.03 Å². The molecule has 136 valence electrons. The van der Waals surface area contributed by atoms with E-state index in [1.807, 2.05) is 6.92 Å². The van der Waals surface area contributed by atoms with Crippen LogP contribution in [0.4, 0.5) is 21.9 Å². The Balaban J connectivity index is 1.74. The molecule has 2 aromatic carbocycles. The van der Waals surface area contributed by atoms with Crippen LogP contribution < -0.4 is 20.3 Å². The van der Waals surface area contributed by atoms with Crippen LogP contribution in [0.25, 0.3) is 0 Å². The Kier molecular flexibility index (Phi) is 5.32. The fourth-order valence-corrected chi connectivity index (χ4v) is 2.90. The van der Waals surface area contributed by atoms with E-state index in [2.05, 4.69) is 10.6 Å². The average molecular weight is 374 g/mol. The zero-order chi connectivity index (χ0) is 18.7. The van der Waals surface area contributed by atoms with Crippen LogP contribution >= 0.6 is 11.6 Å². The first-order valence-electron chi connectivity index (χ1n) is 8.43. The van der Waals surface area contributed by atoms with Crippen molar-refractivity contribution in [1.82, 2.24) is 0 Å². The molecule has 1 atom stereocenters. The number of nitrogens with one attached hydrogen (secondary N) is 2. The van der Waals surface area contributed by atoms with Crippen LogP contribution in [0.3, 0.4) is 0 Å². The van der Waals surface area contributed by atoms with Crippen LogP contribution in [0.15, 0.2) is 42.5 Å². The Hall–Kier alpha value is -2.73. The summed E-state index contributed by atoms with van der Waals surface area (Å²) in [6.07, 6.45) is 0.300. The lowest BCUT2D eigenvalue weighted by molar-refractivity contribution is -0.125. The second-order valence-corrected chi connectivity index (χ2v) is 6.45. The van der Waals surface area contributed by atoms with Crippen molar-refractivity contribution in [2.75, 3.05) is 22.1 Å². The number of urea groups is 1. The van der Waals surface area contributed by atoms with Gasteiger partial charge in [-0.25, -0.2) is 4.79 Å². The third-order valence-corrected chi connectivity index (χ3v) is 4.23. The van der Waals surface area contributed by atoms with Crippen molar-refractivity contribution in [2.45, 2.75) is 26.4 Å². The van der Waals surface area contributed by atoms with Gasteiger partial charge in [-0.2, -0.15) is 0 Å². The van der Waals surface area contributed by atoms with Crippen LogP contribution in [0.1, 0.15) is 20.3 Å². The predicted octanol–water partition coefficient (Wildman–Crippen LogP) is 4.51. The largest absolute Gasteiger partial charge is 0.479 e. The van der Waals surface area contributed by atoms with Gasteiger partial charge in [-0.3, -0.25) is 4.79 Å². The summed E-state index contributed by atoms with van der Waals surface area (Å²) in [6.45, 7) is 4.37. The van der Waals surface area contributed by atoms with E-state index in [-0.39, 0.29) is 11.9 Å². The van der Waals surface area contributed by atoms with Crippen molar-refractivity contribution >= 4 is 40.6 Å². The normalized spacial score (nSPS) is 15.9. The third-order valence-electron chi connectivity index (χ3n) is 3.98.